The lowest BCUT2D eigenvalue weighted by Crippen LogP contribution is -2.34. The highest BCUT2D eigenvalue weighted by atomic mass is 16.2. The van der Waals surface area contributed by atoms with Crippen LogP contribution in [0.5, 0.6) is 0 Å². The molecule has 0 spiro atoms. The highest BCUT2D eigenvalue weighted by Gasteiger charge is 2.31. The van der Waals surface area contributed by atoms with Gasteiger partial charge in [0.15, 0.2) is 0 Å². The van der Waals surface area contributed by atoms with E-state index < -0.39 is 0 Å². The number of rotatable bonds is 2. The van der Waals surface area contributed by atoms with Crippen LogP contribution >= 0.6 is 0 Å². The van der Waals surface area contributed by atoms with Crippen LogP contribution in [0, 0.1) is 0 Å². The number of H-pyrrole nitrogens is 1. The lowest BCUT2D eigenvalue weighted by molar-refractivity contribution is 0.0734. The Balaban J connectivity index is 1.92. The van der Waals surface area contributed by atoms with Crippen molar-refractivity contribution in [2.24, 2.45) is 0 Å². The molecule has 3 rings (SSSR count). The maximum Gasteiger partial charge on any atom is 0.260 e. The number of nitrogens with zero attached hydrogens (tertiary/aromatic N) is 1. The molecule has 2 heterocycles. The summed E-state index contributed by atoms with van der Waals surface area (Å²) >= 11 is 0. The number of carbonyl (C=O) groups is 1. The highest BCUT2D eigenvalue weighted by molar-refractivity contribution is 5.94. The first-order valence-corrected chi connectivity index (χ1v) is 6.81. The van der Waals surface area contributed by atoms with Gasteiger partial charge < -0.3 is 9.88 Å². The smallest absolute Gasteiger partial charge is 0.260 e. The largest absolute Gasteiger partial charge is 0.331 e. The molecule has 1 aromatic heterocycles. The molecule has 1 saturated heterocycles. The molecule has 0 saturated carbocycles. The second-order valence-corrected chi connectivity index (χ2v) is 4.98. The van der Waals surface area contributed by atoms with Crippen molar-refractivity contribution in [3.63, 3.8) is 0 Å². The first kappa shape index (κ1) is 12.7. The van der Waals surface area contributed by atoms with E-state index in [1.807, 2.05) is 30.3 Å². The minimum Gasteiger partial charge on any atom is -0.331 e. The highest BCUT2D eigenvalue weighted by Crippen LogP contribution is 2.32. The van der Waals surface area contributed by atoms with E-state index in [1.54, 1.807) is 17.0 Å². The summed E-state index contributed by atoms with van der Waals surface area (Å²) < 4.78 is 0. The summed E-state index contributed by atoms with van der Waals surface area (Å²) in [5.74, 6) is -0.182. The van der Waals surface area contributed by atoms with Crippen LogP contribution in [0.4, 0.5) is 0 Å². The zero-order chi connectivity index (χ0) is 13.9. The van der Waals surface area contributed by atoms with Gasteiger partial charge >= 0.3 is 0 Å². The molecule has 102 valence electrons. The Hall–Kier alpha value is -2.36. The summed E-state index contributed by atoms with van der Waals surface area (Å²) in [6, 6.07) is 13.3. The van der Waals surface area contributed by atoms with Crippen LogP contribution in [0.2, 0.25) is 0 Å². The van der Waals surface area contributed by atoms with Crippen LogP contribution in [0.1, 0.15) is 34.8 Å². The molecule has 2 aromatic rings. The average Bonchev–Trinajstić information content (AvgIpc) is 2.97. The molecular weight excluding hydrogens is 252 g/mol. The standard InChI is InChI=1S/C16H16N2O2/c19-15-13(8-4-10-17-15)16(20)18-11-5-9-14(18)12-6-2-1-3-7-12/h1-4,6-8,10,14H,5,9,11H2,(H,17,19)/t14-/m1/s1. The van der Waals surface area contributed by atoms with Crippen LogP contribution in [0.3, 0.4) is 0 Å². The number of hydrogen-bond acceptors (Lipinski definition) is 2. The van der Waals surface area contributed by atoms with Crippen molar-refractivity contribution in [3.8, 4) is 0 Å². The number of carbonyl (C=O) groups excluding carboxylic acids is 1. The van der Waals surface area contributed by atoms with Crippen molar-refractivity contribution in [1.29, 1.82) is 0 Å². The molecule has 1 fully saturated rings. The summed E-state index contributed by atoms with van der Waals surface area (Å²) in [5, 5.41) is 0. The van der Waals surface area contributed by atoms with E-state index in [4.69, 9.17) is 0 Å². The zero-order valence-electron chi connectivity index (χ0n) is 11.1. The van der Waals surface area contributed by atoms with E-state index >= 15 is 0 Å². The molecule has 1 N–H and O–H groups in total. The molecule has 0 radical (unpaired) electrons. The van der Waals surface area contributed by atoms with Crippen LogP contribution in [-0.2, 0) is 0 Å². The maximum absolute atomic E-state index is 12.6. The van der Waals surface area contributed by atoms with Gasteiger partial charge in [-0.05, 0) is 30.5 Å². The lowest BCUT2D eigenvalue weighted by atomic mass is 10.0. The number of pyridine rings is 1. The van der Waals surface area contributed by atoms with Gasteiger partial charge in [-0.25, -0.2) is 0 Å². The van der Waals surface area contributed by atoms with E-state index in [-0.39, 0.29) is 23.1 Å². The predicted octanol–water partition coefficient (Wildman–Crippen LogP) is 2.35. The lowest BCUT2D eigenvalue weighted by Gasteiger charge is -2.24. The number of hydrogen-bond donors (Lipinski definition) is 1. The number of benzene rings is 1. The predicted molar refractivity (Wildman–Crippen MR) is 76.5 cm³/mol. The molecule has 0 unspecified atom stereocenters. The van der Waals surface area contributed by atoms with Gasteiger partial charge in [-0.3, -0.25) is 9.59 Å². The Morgan fingerprint density at radius 3 is 2.70 bits per heavy atom. The number of amides is 1. The van der Waals surface area contributed by atoms with Gasteiger partial charge in [-0.15, -0.1) is 0 Å². The Labute approximate surface area is 117 Å². The molecule has 1 aliphatic rings. The average molecular weight is 268 g/mol. The summed E-state index contributed by atoms with van der Waals surface area (Å²) in [6.45, 7) is 0.701. The van der Waals surface area contributed by atoms with Crippen LogP contribution in [0.15, 0.2) is 53.5 Å². The fourth-order valence-electron chi connectivity index (χ4n) is 2.78. The fraction of sp³-hybridized carbons (Fsp3) is 0.250. The van der Waals surface area contributed by atoms with Gasteiger partial charge in [-0.1, -0.05) is 30.3 Å². The maximum atomic E-state index is 12.6. The van der Waals surface area contributed by atoms with Gasteiger partial charge in [-0.2, -0.15) is 0 Å². The summed E-state index contributed by atoms with van der Waals surface area (Å²) in [6.07, 6.45) is 3.45. The summed E-state index contributed by atoms with van der Waals surface area (Å²) in [7, 11) is 0. The molecule has 1 aromatic carbocycles. The van der Waals surface area contributed by atoms with E-state index in [0.717, 1.165) is 18.4 Å². The molecule has 4 nitrogen and oxygen atoms in total. The van der Waals surface area contributed by atoms with E-state index in [9.17, 15) is 9.59 Å². The second kappa shape index (κ2) is 5.33. The molecule has 1 atom stereocenters. The van der Waals surface area contributed by atoms with Crippen molar-refractivity contribution in [3.05, 3.63) is 70.1 Å². The van der Waals surface area contributed by atoms with E-state index in [2.05, 4.69) is 4.98 Å². The first-order chi connectivity index (χ1) is 9.77. The van der Waals surface area contributed by atoms with Gasteiger partial charge in [0, 0.05) is 12.7 Å². The van der Waals surface area contributed by atoms with Gasteiger partial charge in [0.05, 0.1) is 6.04 Å². The minimum absolute atomic E-state index is 0.0725. The van der Waals surface area contributed by atoms with Crippen molar-refractivity contribution < 1.29 is 4.79 Å². The molecule has 0 aliphatic carbocycles. The third kappa shape index (κ3) is 2.25. The van der Waals surface area contributed by atoms with Gasteiger partial charge in [0.1, 0.15) is 5.56 Å². The third-order valence-corrected chi connectivity index (χ3v) is 3.75. The topological polar surface area (TPSA) is 53.2 Å². The van der Waals surface area contributed by atoms with Crippen molar-refractivity contribution in [2.45, 2.75) is 18.9 Å². The SMILES string of the molecule is O=C(c1ccc[nH]c1=O)N1CCC[C@@H]1c1ccccc1. The Kier molecular flexibility index (Phi) is 3.37. The second-order valence-electron chi connectivity index (χ2n) is 4.98. The van der Waals surface area contributed by atoms with E-state index in [0.29, 0.717) is 6.54 Å². The van der Waals surface area contributed by atoms with Crippen molar-refractivity contribution in [2.75, 3.05) is 6.54 Å². The molecule has 20 heavy (non-hydrogen) atoms. The number of aromatic amines is 1. The summed E-state index contributed by atoms with van der Waals surface area (Å²) in [4.78, 5) is 28.7. The zero-order valence-corrected chi connectivity index (χ0v) is 11.1. The Bertz CT molecular complexity index is 663. The number of likely N-dealkylation sites (tertiary alicyclic amines) is 1. The Morgan fingerprint density at radius 1 is 1.15 bits per heavy atom. The third-order valence-electron chi connectivity index (χ3n) is 3.75. The molecule has 1 amide bonds. The number of aromatic nitrogens is 1. The van der Waals surface area contributed by atoms with Crippen LogP contribution < -0.4 is 5.56 Å². The summed E-state index contributed by atoms with van der Waals surface area (Å²) in [5.41, 5.74) is 1.03. The van der Waals surface area contributed by atoms with Crippen molar-refractivity contribution in [1.82, 2.24) is 9.88 Å². The van der Waals surface area contributed by atoms with Crippen LogP contribution in [0.25, 0.3) is 0 Å². The fourth-order valence-corrected chi connectivity index (χ4v) is 2.78. The van der Waals surface area contributed by atoms with Crippen molar-refractivity contribution >= 4 is 5.91 Å². The molecular formula is C16H16N2O2. The van der Waals surface area contributed by atoms with Crippen LogP contribution in [-0.4, -0.2) is 22.3 Å². The molecule has 4 heteroatoms. The Morgan fingerprint density at radius 2 is 1.95 bits per heavy atom. The van der Waals surface area contributed by atoms with E-state index in [1.165, 1.54) is 6.20 Å². The van der Waals surface area contributed by atoms with Gasteiger partial charge in [0.2, 0.25) is 0 Å². The number of nitrogens with one attached hydrogen (secondary N) is 1. The monoisotopic (exact) mass is 268 g/mol. The normalized spacial score (nSPS) is 18.2. The van der Waals surface area contributed by atoms with Gasteiger partial charge in [0.25, 0.3) is 11.5 Å². The minimum atomic E-state index is -0.323. The first-order valence-electron chi connectivity index (χ1n) is 6.81. The quantitative estimate of drug-likeness (QED) is 0.909. The molecule has 1 aliphatic heterocycles. The molecule has 0 bridgehead atoms.